The van der Waals surface area contributed by atoms with Crippen LogP contribution in [0, 0.1) is 0 Å². The fraction of sp³-hybridized carbons (Fsp3) is 0.353. The van der Waals surface area contributed by atoms with Crippen LogP contribution in [0.2, 0.25) is 0 Å². The molecule has 0 N–H and O–H groups in total. The molecule has 0 aliphatic rings. The second-order valence-electron chi connectivity index (χ2n) is 5.73. The molecule has 0 spiro atoms. The predicted octanol–water partition coefficient (Wildman–Crippen LogP) is 4.61. The Kier molecular flexibility index (Phi) is 3.51. The average Bonchev–Trinajstić information content (AvgIpc) is 2.38. The Labute approximate surface area is 110 Å². The van der Waals surface area contributed by atoms with E-state index >= 15 is 0 Å². The number of hydrogen-bond acceptors (Lipinski definition) is 1. The van der Waals surface area contributed by atoms with Crippen molar-refractivity contribution in [3.8, 4) is 11.3 Å². The maximum absolute atomic E-state index is 4.57. The summed E-state index contributed by atoms with van der Waals surface area (Å²) >= 11 is 0. The second-order valence-corrected chi connectivity index (χ2v) is 5.73. The SMILES string of the molecule is CCc1ccc(-c2ccc(C(C)(C)C)cn2)cc1. The Balaban J connectivity index is 2.28. The van der Waals surface area contributed by atoms with Gasteiger partial charge >= 0.3 is 0 Å². The molecule has 0 aliphatic carbocycles. The van der Waals surface area contributed by atoms with Crippen LogP contribution in [0.5, 0.6) is 0 Å². The van der Waals surface area contributed by atoms with Crippen LogP contribution in [-0.2, 0) is 11.8 Å². The van der Waals surface area contributed by atoms with Crippen molar-refractivity contribution in [3.05, 3.63) is 53.7 Å². The van der Waals surface area contributed by atoms with Gasteiger partial charge in [-0.05, 0) is 29.0 Å². The van der Waals surface area contributed by atoms with Crippen LogP contribution in [0.3, 0.4) is 0 Å². The lowest BCUT2D eigenvalue weighted by molar-refractivity contribution is 0.587. The summed E-state index contributed by atoms with van der Waals surface area (Å²) in [7, 11) is 0. The zero-order chi connectivity index (χ0) is 13.2. The van der Waals surface area contributed by atoms with Gasteiger partial charge in [0.1, 0.15) is 0 Å². The Morgan fingerprint density at radius 3 is 2.06 bits per heavy atom. The van der Waals surface area contributed by atoms with E-state index in [0.29, 0.717) is 0 Å². The lowest BCUT2D eigenvalue weighted by Crippen LogP contribution is -2.11. The van der Waals surface area contributed by atoms with Gasteiger partial charge in [0.2, 0.25) is 0 Å². The zero-order valence-electron chi connectivity index (χ0n) is 11.7. The summed E-state index contributed by atoms with van der Waals surface area (Å²) in [5.41, 5.74) is 5.04. The van der Waals surface area contributed by atoms with E-state index in [1.54, 1.807) is 0 Å². The number of rotatable bonds is 2. The quantitative estimate of drug-likeness (QED) is 0.746. The number of hydrogen-bond donors (Lipinski definition) is 0. The molecule has 1 aromatic heterocycles. The van der Waals surface area contributed by atoms with Crippen molar-refractivity contribution in [1.82, 2.24) is 4.98 Å². The van der Waals surface area contributed by atoms with Crippen LogP contribution in [0.4, 0.5) is 0 Å². The molecule has 18 heavy (non-hydrogen) atoms. The van der Waals surface area contributed by atoms with Crippen LogP contribution in [-0.4, -0.2) is 4.98 Å². The van der Waals surface area contributed by atoms with E-state index < -0.39 is 0 Å². The number of aromatic nitrogens is 1. The minimum absolute atomic E-state index is 0.164. The third kappa shape index (κ3) is 2.79. The van der Waals surface area contributed by atoms with E-state index in [0.717, 1.165) is 12.1 Å². The van der Waals surface area contributed by atoms with E-state index in [9.17, 15) is 0 Å². The fourth-order valence-electron chi connectivity index (χ4n) is 1.92. The predicted molar refractivity (Wildman–Crippen MR) is 77.8 cm³/mol. The summed E-state index contributed by atoms with van der Waals surface area (Å²) < 4.78 is 0. The van der Waals surface area contributed by atoms with Crippen LogP contribution < -0.4 is 0 Å². The lowest BCUT2D eigenvalue weighted by atomic mass is 9.88. The first-order valence-corrected chi connectivity index (χ1v) is 6.56. The highest BCUT2D eigenvalue weighted by atomic mass is 14.7. The summed E-state index contributed by atoms with van der Waals surface area (Å²) in [6, 6.07) is 12.9. The topological polar surface area (TPSA) is 12.9 Å². The Morgan fingerprint density at radius 1 is 0.944 bits per heavy atom. The minimum Gasteiger partial charge on any atom is -0.256 e. The highest BCUT2D eigenvalue weighted by Gasteiger charge is 2.13. The monoisotopic (exact) mass is 239 g/mol. The smallest absolute Gasteiger partial charge is 0.0702 e. The first kappa shape index (κ1) is 12.8. The first-order valence-electron chi connectivity index (χ1n) is 6.56. The summed E-state index contributed by atoms with van der Waals surface area (Å²) in [5, 5.41) is 0. The van der Waals surface area contributed by atoms with Gasteiger partial charge in [0.05, 0.1) is 5.69 Å². The van der Waals surface area contributed by atoms with Crippen LogP contribution >= 0.6 is 0 Å². The molecule has 2 rings (SSSR count). The molecule has 1 heteroatoms. The molecule has 0 unspecified atom stereocenters. The largest absolute Gasteiger partial charge is 0.256 e. The molecule has 0 radical (unpaired) electrons. The number of nitrogens with zero attached hydrogens (tertiary/aromatic N) is 1. The highest BCUT2D eigenvalue weighted by molar-refractivity contribution is 5.59. The number of aryl methyl sites for hydroxylation is 1. The third-order valence-corrected chi connectivity index (χ3v) is 3.29. The van der Waals surface area contributed by atoms with Crippen molar-refractivity contribution >= 4 is 0 Å². The minimum atomic E-state index is 0.164. The van der Waals surface area contributed by atoms with Crippen molar-refractivity contribution < 1.29 is 0 Å². The van der Waals surface area contributed by atoms with Gasteiger partial charge in [-0.15, -0.1) is 0 Å². The van der Waals surface area contributed by atoms with Crippen molar-refractivity contribution in [2.75, 3.05) is 0 Å². The van der Waals surface area contributed by atoms with E-state index in [-0.39, 0.29) is 5.41 Å². The average molecular weight is 239 g/mol. The fourth-order valence-corrected chi connectivity index (χ4v) is 1.92. The van der Waals surface area contributed by atoms with Gasteiger partial charge in [0.15, 0.2) is 0 Å². The number of pyridine rings is 1. The maximum Gasteiger partial charge on any atom is 0.0702 e. The normalized spacial score (nSPS) is 11.6. The van der Waals surface area contributed by atoms with Crippen molar-refractivity contribution in [2.24, 2.45) is 0 Å². The summed E-state index contributed by atoms with van der Waals surface area (Å²) in [4.78, 5) is 4.57. The van der Waals surface area contributed by atoms with E-state index in [2.05, 4.69) is 69.1 Å². The zero-order valence-corrected chi connectivity index (χ0v) is 11.7. The van der Waals surface area contributed by atoms with Crippen LogP contribution in [0.25, 0.3) is 11.3 Å². The van der Waals surface area contributed by atoms with Crippen molar-refractivity contribution in [1.29, 1.82) is 0 Å². The second kappa shape index (κ2) is 4.93. The van der Waals surface area contributed by atoms with Gasteiger partial charge in [-0.1, -0.05) is 58.0 Å². The molecular weight excluding hydrogens is 218 g/mol. The van der Waals surface area contributed by atoms with Crippen molar-refractivity contribution in [3.63, 3.8) is 0 Å². The molecular formula is C17H21N. The molecule has 1 aromatic carbocycles. The van der Waals surface area contributed by atoms with E-state index in [1.807, 2.05) is 6.20 Å². The lowest BCUT2D eigenvalue weighted by Gasteiger charge is -2.18. The van der Waals surface area contributed by atoms with Crippen LogP contribution in [0.15, 0.2) is 42.6 Å². The van der Waals surface area contributed by atoms with Crippen LogP contribution in [0.1, 0.15) is 38.8 Å². The van der Waals surface area contributed by atoms with Gasteiger partial charge < -0.3 is 0 Å². The molecule has 1 nitrogen and oxygen atoms in total. The molecule has 0 aliphatic heterocycles. The molecule has 0 atom stereocenters. The molecule has 94 valence electrons. The standard InChI is InChI=1S/C17H21N/c1-5-13-6-8-14(9-7-13)16-11-10-15(12-18-16)17(2,3)4/h6-12H,5H2,1-4H3. The summed E-state index contributed by atoms with van der Waals surface area (Å²) in [5.74, 6) is 0. The van der Waals surface area contributed by atoms with Gasteiger partial charge in [0.25, 0.3) is 0 Å². The third-order valence-electron chi connectivity index (χ3n) is 3.29. The summed E-state index contributed by atoms with van der Waals surface area (Å²) in [6.45, 7) is 8.80. The Bertz CT molecular complexity index is 501. The molecule has 0 bridgehead atoms. The van der Waals surface area contributed by atoms with Crippen molar-refractivity contribution in [2.45, 2.75) is 39.5 Å². The highest BCUT2D eigenvalue weighted by Crippen LogP contribution is 2.24. The molecule has 1 heterocycles. The maximum atomic E-state index is 4.57. The molecule has 0 saturated heterocycles. The molecule has 0 amide bonds. The molecule has 0 fully saturated rings. The molecule has 0 saturated carbocycles. The Hall–Kier alpha value is -1.63. The number of benzene rings is 1. The van der Waals surface area contributed by atoms with Gasteiger partial charge in [-0.3, -0.25) is 4.98 Å². The van der Waals surface area contributed by atoms with Gasteiger partial charge in [-0.2, -0.15) is 0 Å². The van der Waals surface area contributed by atoms with Gasteiger partial charge in [0, 0.05) is 11.8 Å². The molecule has 2 aromatic rings. The van der Waals surface area contributed by atoms with E-state index in [4.69, 9.17) is 0 Å². The van der Waals surface area contributed by atoms with Gasteiger partial charge in [-0.25, -0.2) is 0 Å². The van der Waals surface area contributed by atoms with E-state index in [1.165, 1.54) is 16.7 Å². The first-order chi connectivity index (χ1) is 8.50. The Morgan fingerprint density at radius 2 is 1.61 bits per heavy atom. The summed E-state index contributed by atoms with van der Waals surface area (Å²) in [6.07, 6.45) is 3.07.